The van der Waals surface area contributed by atoms with Gasteiger partial charge >= 0.3 is 5.97 Å². The second kappa shape index (κ2) is 8.42. The number of nitrogens with two attached hydrogens (primary N) is 1. The molecule has 19 heavy (non-hydrogen) atoms. The van der Waals surface area contributed by atoms with E-state index in [-0.39, 0.29) is 6.42 Å². The molecule has 1 aromatic rings. The first-order valence-electron chi connectivity index (χ1n) is 6.66. The van der Waals surface area contributed by atoms with Crippen molar-refractivity contribution in [2.75, 3.05) is 11.9 Å². The molecule has 0 amide bonds. The Hall–Kier alpha value is -1.69. The van der Waals surface area contributed by atoms with Crippen LogP contribution in [0.25, 0.3) is 0 Å². The molecule has 0 saturated carbocycles. The van der Waals surface area contributed by atoms with Crippen LogP contribution in [0.2, 0.25) is 0 Å². The van der Waals surface area contributed by atoms with Gasteiger partial charge in [-0.15, -0.1) is 0 Å². The summed E-state index contributed by atoms with van der Waals surface area (Å²) in [7, 11) is 0. The van der Waals surface area contributed by atoms with Gasteiger partial charge in [-0.2, -0.15) is 0 Å². The number of rotatable bonds is 9. The highest BCUT2D eigenvalue weighted by atomic mass is 16.4. The quantitative estimate of drug-likeness (QED) is 0.590. The molecule has 0 unspecified atom stereocenters. The highest BCUT2D eigenvalue weighted by Gasteiger charge is 2.11. The first-order valence-corrected chi connectivity index (χ1v) is 6.66. The molecule has 6 nitrogen and oxygen atoms in total. The summed E-state index contributed by atoms with van der Waals surface area (Å²) < 4.78 is 0. The molecule has 0 bridgehead atoms. The van der Waals surface area contributed by atoms with Gasteiger partial charge in [-0.3, -0.25) is 4.79 Å². The van der Waals surface area contributed by atoms with Crippen molar-refractivity contribution in [1.29, 1.82) is 0 Å². The maximum Gasteiger partial charge on any atom is 0.305 e. The monoisotopic (exact) mass is 266 g/mol. The van der Waals surface area contributed by atoms with E-state index >= 15 is 0 Å². The molecule has 106 valence electrons. The normalized spacial score (nSPS) is 12.1. The lowest BCUT2D eigenvalue weighted by molar-refractivity contribution is -0.137. The second-order valence-electron chi connectivity index (χ2n) is 4.53. The van der Waals surface area contributed by atoms with Gasteiger partial charge in [-0.05, 0) is 6.42 Å². The van der Waals surface area contributed by atoms with Crippen molar-refractivity contribution in [3.05, 3.63) is 18.0 Å². The molecule has 0 aliphatic carbocycles. The number of carboxylic acids is 1. The number of hydrogen-bond donors (Lipinski definition) is 3. The zero-order valence-corrected chi connectivity index (χ0v) is 11.3. The van der Waals surface area contributed by atoms with Gasteiger partial charge in [0.2, 0.25) is 5.95 Å². The lowest BCUT2D eigenvalue weighted by Crippen LogP contribution is -2.16. The zero-order valence-electron chi connectivity index (χ0n) is 11.3. The number of nitrogens with zero attached hydrogens (tertiary/aromatic N) is 2. The molecule has 0 aromatic carbocycles. The van der Waals surface area contributed by atoms with Crippen LogP contribution in [0.15, 0.2) is 12.4 Å². The number of nitrogens with one attached hydrogen (secondary N) is 1. The summed E-state index contributed by atoms with van der Waals surface area (Å²) in [5.74, 6) is -0.367. The molecule has 0 spiro atoms. The van der Waals surface area contributed by atoms with E-state index in [0.29, 0.717) is 11.5 Å². The smallest absolute Gasteiger partial charge is 0.305 e. The van der Waals surface area contributed by atoms with Crippen molar-refractivity contribution in [3.63, 3.8) is 0 Å². The van der Waals surface area contributed by atoms with Crippen LogP contribution in [0.4, 0.5) is 5.95 Å². The molecule has 0 aliphatic rings. The summed E-state index contributed by atoms with van der Waals surface area (Å²) in [5, 5.41) is 11.8. The second-order valence-corrected chi connectivity index (χ2v) is 4.53. The molecule has 6 heteroatoms. The van der Waals surface area contributed by atoms with E-state index in [1.807, 2.05) is 0 Å². The highest BCUT2D eigenvalue weighted by Crippen LogP contribution is 2.12. The van der Waals surface area contributed by atoms with Gasteiger partial charge < -0.3 is 16.2 Å². The minimum absolute atomic E-state index is 0.118. The number of aromatic nitrogens is 2. The largest absolute Gasteiger partial charge is 0.481 e. The van der Waals surface area contributed by atoms with E-state index in [9.17, 15) is 4.79 Å². The maximum absolute atomic E-state index is 10.5. The minimum atomic E-state index is -0.925. The molecule has 1 heterocycles. The fraction of sp³-hybridized carbons (Fsp3) is 0.615. The van der Waals surface area contributed by atoms with Crippen LogP contribution < -0.4 is 11.1 Å². The number of hydrogen-bond acceptors (Lipinski definition) is 5. The van der Waals surface area contributed by atoms with Gasteiger partial charge in [0, 0.05) is 30.5 Å². The van der Waals surface area contributed by atoms with E-state index in [2.05, 4.69) is 22.2 Å². The number of carbonyl (C=O) groups is 1. The van der Waals surface area contributed by atoms with E-state index in [4.69, 9.17) is 10.8 Å². The summed E-state index contributed by atoms with van der Waals surface area (Å²) in [6.07, 6.45) is 7.79. The predicted octanol–water partition coefficient (Wildman–Crippen LogP) is 1.94. The Labute approximate surface area is 113 Å². The Bertz CT molecular complexity index is 381. The van der Waals surface area contributed by atoms with Crippen LogP contribution in [0, 0.1) is 0 Å². The summed E-state index contributed by atoms with van der Waals surface area (Å²) in [6, 6.07) is -0.559. The maximum atomic E-state index is 10.5. The highest BCUT2D eigenvalue weighted by molar-refractivity contribution is 5.67. The summed E-state index contributed by atoms with van der Waals surface area (Å²) in [6.45, 7) is 3.02. The number of anilines is 1. The fourth-order valence-corrected chi connectivity index (χ4v) is 1.68. The van der Waals surface area contributed by atoms with Crippen molar-refractivity contribution < 1.29 is 9.90 Å². The fourth-order valence-electron chi connectivity index (χ4n) is 1.68. The van der Waals surface area contributed by atoms with Crippen molar-refractivity contribution in [1.82, 2.24) is 9.97 Å². The van der Waals surface area contributed by atoms with E-state index in [1.165, 1.54) is 19.3 Å². The molecule has 0 fully saturated rings. The van der Waals surface area contributed by atoms with Gasteiger partial charge in [-0.25, -0.2) is 9.97 Å². The van der Waals surface area contributed by atoms with Crippen LogP contribution in [0.3, 0.4) is 0 Å². The number of unbranched alkanes of at least 4 members (excludes halogenated alkanes) is 3. The molecular formula is C13H22N4O2. The molecule has 4 N–H and O–H groups in total. The van der Waals surface area contributed by atoms with Crippen LogP contribution >= 0.6 is 0 Å². The molecule has 0 saturated heterocycles. The Morgan fingerprint density at radius 3 is 2.63 bits per heavy atom. The number of carboxylic acid groups (broad SMARTS) is 1. The summed E-state index contributed by atoms with van der Waals surface area (Å²) in [4.78, 5) is 18.8. The Morgan fingerprint density at radius 2 is 2.05 bits per heavy atom. The summed E-state index contributed by atoms with van der Waals surface area (Å²) >= 11 is 0. The number of aliphatic carboxylic acids is 1. The van der Waals surface area contributed by atoms with E-state index < -0.39 is 12.0 Å². The van der Waals surface area contributed by atoms with Crippen LogP contribution in [-0.4, -0.2) is 27.6 Å². The lowest BCUT2D eigenvalue weighted by atomic mass is 10.1. The lowest BCUT2D eigenvalue weighted by Gasteiger charge is -2.09. The molecule has 1 atom stereocenters. The van der Waals surface area contributed by atoms with E-state index in [0.717, 1.165) is 13.0 Å². The van der Waals surface area contributed by atoms with Crippen LogP contribution in [0.5, 0.6) is 0 Å². The predicted molar refractivity (Wildman–Crippen MR) is 73.8 cm³/mol. The average molecular weight is 266 g/mol. The molecule has 1 rings (SSSR count). The van der Waals surface area contributed by atoms with Crippen molar-refractivity contribution in [3.8, 4) is 0 Å². The van der Waals surface area contributed by atoms with Crippen LogP contribution in [-0.2, 0) is 4.79 Å². The average Bonchev–Trinajstić information content (AvgIpc) is 2.38. The standard InChI is InChI=1S/C13H22N4O2/c1-2-3-4-5-6-15-13-16-8-10(9-17-13)11(14)7-12(18)19/h8-9,11H,2-7,14H2,1H3,(H,18,19)(H,15,16,17)/t11-/m0/s1. The Kier molecular flexibility index (Phi) is 6.81. The Morgan fingerprint density at radius 1 is 1.37 bits per heavy atom. The van der Waals surface area contributed by atoms with Gasteiger partial charge in [0.15, 0.2) is 0 Å². The minimum Gasteiger partial charge on any atom is -0.481 e. The van der Waals surface area contributed by atoms with Gasteiger partial charge in [0.05, 0.1) is 6.42 Å². The molecular weight excluding hydrogens is 244 g/mol. The van der Waals surface area contributed by atoms with E-state index in [1.54, 1.807) is 12.4 Å². The Balaban J connectivity index is 2.36. The first kappa shape index (κ1) is 15.4. The van der Waals surface area contributed by atoms with Gasteiger partial charge in [0.25, 0.3) is 0 Å². The third-order valence-electron chi connectivity index (χ3n) is 2.81. The third-order valence-corrected chi connectivity index (χ3v) is 2.81. The van der Waals surface area contributed by atoms with Crippen molar-refractivity contribution in [2.24, 2.45) is 5.73 Å². The van der Waals surface area contributed by atoms with Gasteiger partial charge in [-0.1, -0.05) is 26.2 Å². The summed E-state index contributed by atoms with van der Waals surface area (Å²) in [5.41, 5.74) is 6.36. The first-order chi connectivity index (χ1) is 9.13. The van der Waals surface area contributed by atoms with Crippen molar-refractivity contribution in [2.45, 2.75) is 45.1 Å². The molecule has 0 aliphatic heterocycles. The van der Waals surface area contributed by atoms with Crippen molar-refractivity contribution >= 4 is 11.9 Å². The molecule has 1 aromatic heterocycles. The van der Waals surface area contributed by atoms with Gasteiger partial charge in [0.1, 0.15) is 0 Å². The zero-order chi connectivity index (χ0) is 14.1. The third kappa shape index (κ3) is 6.15. The van der Waals surface area contributed by atoms with Crippen LogP contribution in [0.1, 0.15) is 50.6 Å². The SMILES string of the molecule is CCCCCCNc1ncc([C@@H](N)CC(=O)O)cn1. The molecule has 0 radical (unpaired) electrons. The topological polar surface area (TPSA) is 101 Å².